The lowest BCUT2D eigenvalue weighted by Gasteiger charge is -2.36. The normalized spacial score (nSPS) is 20.4. The molecule has 0 radical (unpaired) electrons. The number of hydrogen-bond donors (Lipinski definition) is 2. The van der Waals surface area contributed by atoms with Gasteiger partial charge in [0, 0.05) is 56.9 Å². The van der Waals surface area contributed by atoms with Crippen molar-refractivity contribution in [3.63, 3.8) is 0 Å². The van der Waals surface area contributed by atoms with Gasteiger partial charge in [0.15, 0.2) is 0 Å². The fourth-order valence-corrected chi connectivity index (χ4v) is 3.74. The summed E-state index contributed by atoms with van der Waals surface area (Å²) < 4.78 is 2.00. The quantitative estimate of drug-likeness (QED) is 0.880. The summed E-state index contributed by atoms with van der Waals surface area (Å²) in [4.78, 5) is 19.8. The number of nitrogens with zero attached hydrogens (tertiary/aromatic N) is 3. The molecule has 24 heavy (non-hydrogen) atoms. The molecule has 1 aromatic carbocycles. The first-order chi connectivity index (χ1) is 11.8. The number of anilines is 1. The van der Waals surface area contributed by atoms with Gasteiger partial charge < -0.3 is 20.1 Å². The molecule has 0 aliphatic carbocycles. The van der Waals surface area contributed by atoms with E-state index in [4.69, 9.17) is 0 Å². The van der Waals surface area contributed by atoms with Gasteiger partial charge in [0.05, 0.1) is 0 Å². The number of imidazole rings is 1. The van der Waals surface area contributed by atoms with Crippen LogP contribution in [0.1, 0.15) is 34.2 Å². The molecule has 2 N–H and O–H groups in total. The van der Waals surface area contributed by atoms with Crippen LogP contribution in [-0.2, 0) is 13.5 Å². The van der Waals surface area contributed by atoms with Crippen molar-refractivity contribution in [3.8, 4) is 0 Å². The van der Waals surface area contributed by atoms with Crippen LogP contribution in [0.5, 0.6) is 0 Å². The van der Waals surface area contributed by atoms with Crippen LogP contribution in [0.3, 0.4) is 0 Å². The van der Waals surface area contributed by atoms with Gasteiger partial charge in [0.25, 0.3) is 5.91 Å². The highest BCUT2D eigenvalue weighted by Gasteiger charge is 2.32. The van der Waals surface area contributed by atoms with Crippen LogP contribution in [0.15, 0.2) is 30.6 Å². The highest BCUT2D eigenvalue weighted by molar-refractivity contribution is 5.97. The second-order valence-electron chi connectivity index (χ2n) is 6.48. The minimum atomic E-state index is -0.0290. The van der Waals surface area contributed by atoms with E-state index in [-0.39, 0.29) is 11.9 Å². The molecule has 2 aliphatic rings. The van der Waals surface area contributed by atoms with Gasteiger partial charge in [-0.2, -0.15) is 0 Å². The molecule has 1 unspecified atom stereocenters. The van der Waals surface area contributed by atoms with E-state index in [9.17, 15) is 4.79 Å². The third-order valence-electron chi connectivity index (χ3n) is 4.99. The van der Waals surface area contributed by atoms with Gasteiger partial charge in [0.1, 0.15) is 11.9 Å². The Labute approximate surface area is 141 Å². The lowest BCUT2D eigenvalue weighted by atomic mass is 9.96. The molecule has 2 aromatic rings. The Kier molecular flexibility index (Phi) is 3.98. The Hall–Kier alpha value is -2.34. The van der Waals surface area contributed by atoms with Gasteiger partial charge in [-0.1, -0.05) is 6.07 Å². The number of carbonyl (C=O) groups is 1. The summed E-state index contributed by atoms with van der Waals surface area (Å²) in [6.45, 7) is 3.24. The molecule has 2 aliphatic heterocycles. The maximum absolute atomic E-state index is 13.3. The summed E-state index contributed by atoms with van der Waals surface area (Å²) in [5, 5.41) is 6.80. The minimum absolute atomic E-state index is 0.0290. The zero-order chi connectivity index (χ0) is 16.5. The van der Waals surface area contributed by atoms with E-state index in [1.165, 1.54) is 0 Å². The molecule has 1 atom stereocenters. The summed E-state index contributed by atoms with van der Waals surface area (Å²) in [6, 6.07) is 5.98. The first-order valence-corrected chi connectivity index (χ1v) is 8.60. The van der Waals surface area contributed by atoms with Crippen molar-refractivity contribution < 1.29 is 4.79 Å². The van der Waals surface area contributed by atoms with E-state index in [1.807, 2.05) is 34.8 Å². The molecular formula is C18H23N5O. The number of rotatable bonds is 2. The third-order valence-corrected chi connectivity index (χ3v) is 4.99. The molecule has 1 aromatic heterocycles. The molecule has 0 bridgehead atoms. The summed E-state index contributed by atoms with van der Waals surface area (Å²) in [5.41, 5.74) is 3.10. The first kappa shape index (κ1) is 15.2. The first-order valence-electron chi connectivity index (χ1n) is 8.60. The standard InChI is InChI=1S/C18H23N5O/c1-22-10-9-21-17(22)16-12-19-8-11-23(16)18(24)14-4-2-6-15-13(14)5-3-7-20-15/h2,4,6,9-10,16,19-20H,3,5,7-8,11-12H2,1H3. The number of aromatic nitrogens is 2. The number of hydrogen-bond acceptors (Lipinski definition) is 4. The lowest BCUT2D eigenvalue weighted by molar-refractivity contribution is 0.0619. The third kappa shape index (κ3) is 2.57. The molecule has 126 valence electrons. The Bertz CT molecular complexity index is 754. The predicted molar refractivity (Wildman–Crippen MR) is 93.1 cm³/mol. The summed E-state index contributed by atoms with van der Waals surface area (Å²) in [5.74, 6) is 1.04. The maximum atomic E-state index is 13.3. The molecule has 0 spiro atoms. The van der Waals surface area contributed by atoms with Crippen LogP contribution < -0.4 is 10.6 Å². The van der Waals surface area contributed by atoms with Crippen molar-refractivity contribution in [1.29, 1.82) is 0 Å². The van der Waals surface area contributed by atoms with E-state index in [0.717, 1.165) is 55.1 Å². The fraction of sp³-hybridized carbons (Fsp3) is 0.444. The highest BCUT2D eigenvalue weighted by atomic mass is 16.2. The van der Waals surface area contributed by atoms with Gasteiger partial charge in [-0.3, -0.25) is 4.79 Å². The van der Waals surface area contributed by atoms with Crippen LogP contribution in [0.4, 0.5) is 5.69 Å². The van der Waals surface area contributed by atoms with E-state index in [1.54, 1.807) is 6.20 Å². The molecule has 3 heterocycles. The van der Waals surface area contributed by atoms with E-state index < -0.39 is 0 Å². The van der Waals surface area contributed by atoms with Gasteiger partial charge in [-0.25, -0.2) is 4.98 Å². The van der Waals surface area contributed by atoms with Crippen molar-refractivity contribution in [2.75, 3.05) is 31.5 Å². The number of amides is 1. The summed E-state index contributed by atoms with van der Waals surface area (Å²) >= 11 is 0. The van der Waals surface area contributed by atoms with E-state index in [2.05, 4.69) is 21.7 Å². The van der Waals surface area contributed by atoms with Crippen LogP contribution in [0.25, 0.3) is 0 Å². The maximum Gasteiger partial charge on any atom is 0.254 e. The monoisotopic (exact) mass is 325 g/mol. The zero-order valence-corrected chi connectivity index (χ0v) is 14.0. The van der Waals surface area contributed by atoms with Crippen molar-refractivity contribution in [2.24, 2.45) is 7.05 Å². The molecule has 4 rings (SSSR count). The van der Waals surface area contributed by atoms with Gasteiger partial charge >= 0.3 is 0 Å². The Balaban J connectivity index is 1.69. The van der Waals surface area contributed by atoms with Gasteiger partial charge in [-0.05, 0) is 30.5 Å². The van der Waals surface area contributed by atoms with E-state index >= 15 is 0 Å². The minimum Gasteiger partial charge on any atom is -0.385 e. The fourth-order valence-electron chi connectivity index (χ4n) is 3.74. The topological polar surface area (TPSA) is 62.2 Å². The molecule has 0 saturated carbocycles. The summed E-state index contributed by atoms with van der Waals surface area (Å²) in [7, 11) is 1.98. The molecular weight excluding hydrogens is 302 g/mol. The number of nitrogens with one attached hydrogen (secondary N) is 2. The predicted octanol–water partition coefficient (Wildman–Crippen LogP) is 1.56. The second kappa shape index (κ2) is 6.28. The number of benzene rings is 1. The average molecular weight is 325 g/mol. The van der Waals surface area contributed by atoms with Crippen LogP contribution in [-0.4, -0.2) is 46.5 Å². The van der Waals surface area contributed by atoms with Gasteiger partial charge in [-0.15, -0.1) is 0 Å². The number of fused-ring (bicyclic) bond motifs is 1. The van der Waals surface area contributed by atoms with Gasteiger partial charge in [0.2, 0.25) is 0 Å². The van der Waals surface area contributed by atoms with Crippen LogP contribution in [0, 0.1) is 0 Å². The van der Waals surface area contributed by atoms with Crippen molar-refractivity contribution in [1.82, 2.24) is 19.8 Å². The average Bonchev–Trinajstić information content (AvgIpc) is 3.06. The Morgan fingerprint density at radius 3 is 3.08 bits per heavy atom. The lowest BCUT2D eigenvalue weighted by Crippen LogP contribution is -2.49. The number of piperazine rings is 1. The summed E-state index contributed by atoms with van der Waals surface area (Å²) in [6.07, 6.45) is 5.76. The Morgan fingerprint density at radius 2 is 2.25 bits per heavy atom. The van der Waals surface area contributed by atoms with Crippen LogP contribution in [0.2, 0.25) is 0 Å². The molecule has 1 saturated heterocycles. The largest absolute Gasteiger partial charge is 0.385 e. The number of carbonyl (C=O) groups excluding carboxylic acids is 1. The molecule has 6 nitrogen and oxygen atoms in total. The Morgan fingerprint density at radius 1 is 1.33 bits per heavy atom. The molecule has 1 amide bonds. The van der Waals surface area contributed by atoms with E-state index in [0.29, 0.717) is 6.54 Å². The molecule has 6 heteroatoms. The molecule has 1 fully saturated rings. The smallest absolute Gasteiger partial charge is 0.254 e. The van der Waals surface area contributed by atoms with Crippen LogP contribution >= 0.6 is 0 Å². The van der Waals surface area contributed by atoms with Crippen molar-refractivity contribution >= 4 is 11.6 Å². The SMILES string of the molecule is Cn1ccnc1C1CNCCN1C(=O)c1cccc2c1CCCN2. The number of aryl methyl sites for hydroxylation is 1. The van der Waals surface area contributed by atoms with Crippen molar-refractivity contribution in [2.45, 2.75) is 18.9 Å². The second-order valence-corrected chi connectivity index (χ2v) is 6.48. The zero-order valence-electron chi connectivity index (χ0n) is 14.0. The highest BCUT2D eigenvalue weighted by Crippen LogP contribution is 2.29. The van der Waals surface area contributed by atoms with Crippen molar-refractivity contribution in [3.05, 3.63) is 47.5 Å².